The van der Waals surface area contributed by atoms with E-state index in [9.17, 15) is 13.2 Å². The first-order valence-electron chi connectivity index (χ1n) is 7.60. The topological polar surface area (TPSA) is 66.5 Å². The zero-order valence-electron chi connectivity index (χ0n) is 14.1. The van der Waals surface area contributed by atoms with Crippen LogP contribution in [0.2, 0.25) is 5.02 Å². The van der Waals surface area contributed by atoms with Crippen LogP contribution in [0.5, 0.6) is 0 Å². The molecule has 0 bridgehead atoms. The Bertz CT molecular complexity index is 645. The molecule has 5 nitrogen and oxygen atoms in total. The molecule has 1 aromatic rings. The van der Waals surface area contributed by atoms with Gasteiger partial charge in [-0.1, -0.05) is 25.4 Å². The van der Waals surface area contributed by atoms with Crippen molar-refractivity contribution in [3.05, 3.63) is 28.8 Å². The van der Waals surface area contributed by atoms with Crippen LogP contribution in [0, 0.1) is 12.8 Å². The molecule has 0 aromatic heterocycles. The number of benzene rings is 1. The Morgan fingerprint density at radius 2 is 1.96 bits per heavy atom. The molecule has 0 radical (unpaired) electrons. The summed E-state index contributed by atoms with van der Waals surface area (Å²) >= 11 is 5.88. The van der Waals surface area contributed by atoms with Gasteiger partial charge in [0.05, 0.1) is 6.26 Å². The van der Waals surface area contributed by atoms with Gasteiger partial charge < -0.3 is 5.32 Å². The highest BCUT2D eigenvalue weighted by atomic mass is 35.5. The summed E-state index contributed by atoms with van der Waals surface area (Å²) in [5.41, 5.74) is 1.55. The van der Waals surface area contributed by atoms with Crippen molar-refractivity contribution in [3.63, 3.8) is 0 Å². The lowest BCUT2D eigenvalue weighted by Crippen LogP contribution is -2.34. The molecule has 1 rings (SSSR count). The molecule has 1 aromatic carbocycles. The molecule has 130 valence electrons. The van der Waals surface area contributed by atoms with E-state index < -0.39 is 10.0 Å². The van der Waals surface area contributed by atoms with E-state index in [0.717, 1.165) is 12.0 Å². The predicted molar refractivity (Wildman–Crippen MR) is 95.3 cm³/mol. The lowest BCUT2D eigenvalue weighted by molar-refractivity contribution is -0.116. The Labute approximate surface area is 144 Å². The second-order valence-electron chi connectivity index (χ2n) is 6.10. The van der Waals surface area contributed by atoms with E-state index in [1.165, 1.54) is 10.6 Å². The van der Waals surface area contributed by atoms with Gasteiger partial charge in [-0.2, -0.15) is 0 Å². The molecule has 0 fully saturated rings. The van der Waals surface area contributed by atoms with Crippen LogP contribution in [0.15, 0.2) is 18.2 Å². The van der Waals surface area contributed by atoms with Gasteiger partial charge in [-0.25, -0.2) is 12.7 Å². The number of carbonyl (C=O) groups is 1. The molecule has 0 saturated heterocycles. The Balaban J connectivity index is 2.61. The van der Waals surface area contributed by atoms with E-state index in [1.54, 1.807) is 18.2 Å². The normalized spacial score (nSPS) is 12.0. The van der Waals surface area contributed by atoms with Crippen molar-refractivity contribution in [3.8, 4) is 0 Å². The first-order valence-corrected chi connectivity index (χ1v) is 9.83. The lowest BCUT2D eigenvalue weighted by Gasteiger charge is -2.20. The maximum Gasteiger partial charge on any atom is 0.225 e. The average Bonchev–Trinajstić information content (AvgIpc) is 2.40. The van der Waals surface area contributed by atoms with Gasteiger partial charge >= 0.3 is 0 Å². The van der Waals surface area contributed by atoms with Crippen LogP contribution in [-0.4, -0.2) is 38.0 Å². The third-order valence-corrected chi connectivity index (χ3v) is 5.01. The average molecular weight is 361 g/mol. The maximum atomic E-state index is 12.1. The van der Waals surface area contributed by atoms with Crippen molar-refractivity contribution >= 4 is 33.2 Å². The fourth-order valence-corrected chi connectivity index (χ4v) is 3.14. The Kier molecular flexibility index (Phi) is 7.51. The number of amides is 1. The van der Waals surface area contributed by atoms with Crippen LogP contribution in [-0.2, 0) is 14.8 Å². The smallest absolute Gasteiger partial charge is 0.225 e. The summed E-state index contributed by atoms with van der Waals surface area (Å²) in [5.74, 6) is 0.193. The predicted octanol–water partition coefficient (Wildman–Crippen LogP) is 3.28. The third-order valence-electron chi connectivity index (χ3n) is 3.48. The number of sulfonamides is 1. The van der Waals surface area contributed by atoms with E-state index in [1.807, 2.05) is 20.8 Å². The molecule has 0 aliphatic rings. The minimum Gasteiger partial charge on any atom is -0.326 e. The molecule has 0 atom stereocenters. The van der Waals surface area contributed by atoms with Gasteiger partial charge in [-0.05, 0) is 43.0 Å². The third kappa shape index (κ3) is 7.33. The number of nitrogens with zero attached hydrogens (tertiary/aromatic N) is 1. The molecule has 1 amide bonds. The van der Waals surface area contributed by atoms with E-state index in [0.29, 0.717) is 23.2 Å². The maximum absolute atomic E-state index is 12.1. The highest BCUT2D eigenvalue weighted by Gasteiger charge is 2.18. The number of rotatable bonds is 8. The Morgan fingerprint density at radius 3 is 2.48 bits per heavy atom. The van der Waals surface area contributed by atoms with Gasteiger partial charge in [-0.3, -0.25) is 4.79 Å². The SMILES string of the molecule is Cc1cc(Cl)ccc1NC(=O)CCN(CCC(C)C)S(C)(=O)=O. The number of aryl methyl sites for hydroxylation is 1. The van der Waals surface area contributed by atoms with Gasteiger partial charge in [-0.15, -0.1) is 0 Å². The fraction of sp³-hybridized carbons (Fsp3) is 0.562. The number of halogens is 1. The van der Waals surface area contributed by atoms with Crippen LogP contribution < -0.4 is 5.32 Å². The van der Waals surface area contributed by atoms with Crippen molar-refractivity contribution < 1.29 is 13.2 Å². The molecule has 0 aliphatic carbocycles. The Hall–Kier alpha value is -1.11. The first-order chi connectivity index (χ1) is 10.6. The van der Waals surface area contributed by atoms with Crippen LogP contribution in [0.3, 0.4) is 0 Å². The number of carbonyl (C=O) groups excluding carboxylic acids is 1. The summed E-state index contributed by atoms with van der Waals surface area (Å²) < 4.78 is 24.9. The van der Waals surface area contributed by atoms with Crippen molar-refractivity contribution in [1.82, 2.24) is 4.31 Å². The summed E-state index contributed by atoms with van der Waals surface area (Å²) in [6.45, 7) is 6.55. The standard InChI is InChI=1S/C16H25ClN2O3S/c1-12(2)7-9-19(23(4,21)22)10-8-16(20)18-15-6-5-14(17)11-13(15)3/h5-6,11-12H,7-10H2,1-4H3,(H,18,20). The number of anilines is 1. The second kappa shape index (κ2) is 8.66. The van der Waals surface area contributed by atoms with Gasteiger partial charge in [0.15, 0.2) is 0 Å². The highest BCUT2D eigenvalue weighted by Crippen LogP contribution is 2.19. The minimum absolute atomic E-state index is 0.118. The minimum atomic E-state index is -3.31. The van der Waals surface area contributed by atoms with Crippen molar-refractivity contribution in [2.75, 3.05) is 24.7 Å². The monoisotopic (exact) mass is 360 g/mol. The van der Waals surface area contributed by atoms with Crippen LogP contribution in [0.4, 0.5) is 5.69 Å². The van der Waals surface area contributed by atoms with Crippen LogP contribution in [0.25, 0.3) is 0 Å². The van der Waals surface area contributed by atoms with Gasteiger partial charge in [0, 0.05) is 30.2 Å². The summed E-state index contributed by atoms with van der Waals surface area (Å²) in [4.78, 5) is 12.1. The van der Waals surface area contributed by atoms with E-state index >= 15 is 0 Å². The zero-order valence-corrected chi connectivity index (χ0v) is 15.7. The number of hydrogen-bond acceptors (Lipinski definition) is 3. The molecule has 0 aliphatic heterocycles. The molecule has 0 heterocycles. The fourth-order valence-electron chi connectivity index (χ4n) is 2.05. The molecule has 0 spiro atoms. The van der Waals surface area contributed by atoms with Gasteiger partial charge in [0.2, 0.25) is 15.9 Å². The van der Waals surface area contributed by atoms with E-state index in [4.69, 9.17) is 11.6 Å². The molecule has 0 saturated carbocycles. The second-order valence-corrected chi connectivity index (χ2v) is 8.52. The van der Waals surface area contributed by atoms with Crippen LogP contribution in [0.1, 0.15) is 32.3 Å². The van der Waals surface area contributed by atoms with Crippen molar-refractivity contribution in [1.29, 1.82) is 0 Å². The highest BCUT2D eigenvalue weighted by molar-refractivity contribution is 7.88. The van der Waals surface area contributed by atoms with Gasteiger partial charge in [0.1, 0.15) is 0 Å². The first kappa shape index (κ1) is 19.9. The van der Waals surface area contributed by atoms with Crippen molar-refractivity contribution in [2.24, 2.45) is 5.92 Å². The summed E-state index contributed by atoms with van der Waals surface area (Å²) in [7, 11) is -3.31. The Morgan fingerprint density at radius 1 is 1.30 bits per heavy atom. The molecule has 23 heavy (non-hydrogen) atoms. The van der Waals surface area contributed by atoms with Crippen molar-refractivity contribution in [2.45, 2.75) is 33.6 Å². The van der Waals surface area contributed by atoms with E-state index in [-0.39, 0.29) is 18.9 Å². The molecular formula is C16H25ClN2O3S. The quantitative estimate of drug-likeness (QED) is 0.773. The molecule has 0 unspecified atom stereocenters. The van der Waals surface area contributed by atoms with Crippen LogP contribution >= 0.6 is 11.6 Å². The van der Waals surface area contributed by atoms with E-state index in [2.05, 4.69) is 5.32 Å². The molecule has 7 heteroatoms. The molecule has 1 N–H and O–H groups in total. The number of nitrogens with one attached hydrogen (secondary N) is 1. The summed E-state index contributed by atoms with van der Waals surface area (Å²) in [5, 5.41) is 3.40. The summed E-state index contributed by atoms with van der Waals surface area (Å²) in [6.07, 6.45) is 2.06. The summed E-state index contributed by atoms with van der Waals surface area (Å²) in [6, 6.07) is 5.21. The molecular weight excluding hydrogens is 336 g/mol. The number of hydrogen-bond donors (Lipinski definition) is 1. The zero-order chi connectivity index (χ0) is 17.6. The largest absolute Gasteiger partial charge is 0.326 e. The lowest BCUT2D eigenvalue weighted by atomic mass is 10.1. The van der Waals surface area contributed by atoms with Gasteiger partial charge in [0.25, 0.3) is 0 Å².